The third-order valence-electron chi connectivity index (χ3n) is 8.42. The molecule has 1 spiro atoms. The molecule has 2 N–H and O–H groups in total. The van der Waals surface area contributed by atoms with Gasteiger partial charge in [-0.1, -0.05) is 18.2 Å². The van der Waals surface area contributed by atoms with Gasteiger partial charge in [0.1, 0.15) is 17.7 Å². The maximum absolute atomic E-state index is 14.8. The van der Waals surface area contributed by atoms with Crippen molar-refractivity contribution in [2.45, 2.75) is 51.4 Å². The molecule has 10 nitrogen and oxygen atoms in total. The molecule has 2 aliphatic heterocycles. The number of piperidine rings is 1. The molecule has 44 heavy (non-hydrogen) atoms. The summed E-state index contributed by atoms with van der Waals surface area (Å²) in [6.45, 7) is 5.18. The highest BCUT2D eigenvalue weighted by Gasteiger charge is 2.46. The van der Waals surface area contributed by atoms with E-state index in [1.807, 2.05) is 11.0 Å². The summed E-state index contributed by atoms with van der Waals surface area (Å²) >= 11 is 0. The van der Waals surface area contributed by atoms with E-state index in [0.717, 1.165) is 18.4 Å². The number of halogens is 3. The number of rotatable bonds is 7. The van der Waals surface area contributed by atoms with Crippen molar-refractivity contribution in [1.82, 2.24) is 30.0 Å². The molecule has 0 bridgehead atoms. The number of carbonyl (C=O) groups is 1. The Kier molecular flexibility index (Phi) is 7.74. The molecule has 0 aliphatic carbocycles. The number of alkyl halides is 3. The molecule has 2 fully saturated rings. The van der Waals surface area contributed by atoms with Gasteiger partial charge < -0.3 is 20.1 Å². The van der Waals surface area contributed by atoms with Crippen molar-refractivity contribution in [2.24, 2.45) is 5.41 Å². The maximum Gasteiger partial charge on any atom is 0.429 e. The number of ether oxygens (including phenoxy) is 1. The second kappa shape index (κ2) is 11.5. The van der Waals surface area contributed by atoms with E-state index in [1.54, 1.807) is 56.7 Å². The maximum atomic E-state index is 14.8. The van der Waals surface area contributed by atoms with Crippen LogP contribution in [0.2, 0.25) is 0 Å². The fourth-order valence-electron chi connectivity index (χ4n) is 6.08. The van der Waals surface area contributed by atoms with Crippen LogP contribution in [0.1, 0.15) is 42.4 Å². The van der Waals surface area contributed by atoms with Gasteiger partial charge in [-0.25, -0.2) is 9.67 Å². The molecular weight excluding hydrogens is 575 g/mol. The van der Waals surface area contributed by atoms with Crippen LogP contribution in [-0.4, -0.2) is 67.7 Å². The summed E-state index contributed by atoms with van der Waals surface area (Å²) in [5.74, 6) is -0.294. The number of hydrogen-bond donors (Lipinski definition) is 2. The molecule has 1 aromatic carbocycles. The van der Waals surface area contributed by atoms with E-state index in [-0.39, 0.29) is 28.4 Å². The van der Waals surface area contributed by atoms with Gasteiger partial charge in [0.15, 0.2) is 0 Å². The van der Waals surface area contributed by atoms with E-state index in [1.165, 1.54) is 16.8 Å². The van der Waals surface area contributed by atoms with Gasteiger partial charge in [-0.3, -0.25) is 9.78 Å². The van der Waals surface area contributed by atoms with E-state index in [0.29, 0.717) is 43.1 Å². The average Bonchev–Trinajstić information content (AvgIpc) is 3.62. The quantitative estimate of drug-likeness (QED) is 0.297. The summed E-state index contributed by atoms with van der Waals surface area (Å²) in [6, 6.07) is 10.9. The summed E-state index contributed by atoms with van der Waals surface area (Å²) in [4.78, 5) is 26.3. The van der Waals surface area contributed by atoms with E-state index in [9.17, 15) is 23.1 Å². The highest BCUT2D eigenvalue weighted by Crippen LogP contribution is 2.42. The highest BCUT2D eigenvalue weighted by atomic mass is 19.4. The van der Waals surface area contributed by atoms with Crippen molar-refractivity contribution in [3.63, 3.8) is 0 Å². The predicted molar refractivity (Wildman–Crippen MR) is 156 cm³/mol. The Hall–Kier alpha value is -4.52. The lowest BCUT2D eigenvalue weighted by Gasteiger charge is -2.39. The number of anilines is 1. The minimum absolute atomic E-state index is 0.118. The van der Waals surface area contributed by atoms with E-state index in [4.69, 9.17) is 4.74 Å². The summed E-state index contributed by atoms with van der Waals surface area (Å²) in [5, 5.41) is 16.9. The molecule has 0 amide bonds. The van der Waals surface area contributed by atoms with Crippen molar-refractivity contribution < 1.29 is 27.8 Å². The van der Waals surface area contributed by atoms with Gasteiger partial charge in [-0.2, -0.15) is 23.3 Å². The molecule has 5 heterocycles. The van der Waals surface area contributed by atoms with Gasteiger partial charge >= 0.3 is 12.1 Å². The predicted octanol–water partition coefficient (Wildman–Crippen LogP) is 5.06. The van der Waals surface area contributed by atoms with Crippen molar-refractivity contribution in [3.8, 4) is 22.7 Å². The van der Waals surface area contributed by atoms with Gasteiger partial charge in [0.2, 0.25) is 12.0 Å². The summed E-state index contributed by atoms with van der Waals surface area (Å²) in [7, 11) is 0. The second-order valence-electron chi connectivity index (χ2n) is 11.5. The molecule has 4 aromatic rings. The molecule has 0 saturated carbocycles. The van der Waals surface area contributed by atoms with Crippen LogP contribution in [0.3, 0.4) is 0 Å². The van der Waals surface area contributed by atoms with E-state index < -0.39 is 24.3 Å². The number of aromatic nitrogens is 5. The molecule has 2 atom stereocenters. The summed E-state index contributed by atoms with van der Waals surface area (Å²) in [6.07, 6.45) is -0.195. The second-order valence-corrected chi connectivity index (χ2v) is 11.5. The minimum atomic E-state index is -4.78. The largest absolute Gasteiger partial charge is 0.480 e. The van der Waals surface area contributed by atoms with Crippen molar-refractivity contribution in [3.05, 3.63) is 78.1 Å². The molecule has 2 aliphatic rings. The fourth-order valence-corrected chi connectivity index (χ4v) is 6.08. The number of carboxylic acids is 1. The fraction of sp³-hybridized carbons (Fsp3) is 0.387. The number of aryl methyl sites for hydroxylation is 2. The smallest absolute Gasteiger partial charge is 0.429 e. The van der Waals surface area contributed by atoms with Crippen molar-refractivity contribution in [2.75, 3.05) is 24.5 Å². The van der Waals surface area contributed by atoms with E-state index >= 15 is 0 Å². The van der Waals surface area contributed by atoms with Crippen molar-refractivity contribution >= 4 is 11.8 Å². The first kappa shape index (κ1) is 29.5. The Morgan fingerprint density at radius 3 is 2.55 bits per heavy atom. The average molecular weight is 608 g/mol. The SMILES string of the molecule is Cc1ccn(-c2cc(-c3cccnc3)ccc2[C@@H](Oc2cc(N3CCC4(CC3)CNC(C(=O)O)C4)nc(C)n2)C(F)(F)F)n1. The zero-order valence-electron chi connectivity index (χ0n) is 24.3. The van der Waals surface area contributed by atoms with Crippen LogP contribution in [0, 0.1) is 19.3 Å². The molecule has 13 heteroatoms. The minimum Gasteiger partial charge on any atom is -0.480 e. The van der Waals surface area contributed by atoms with Gasteiger partial charge in [0.05, 0.1) is 11.4 Å². The zero-order chi connectivity index (χ0) is 31.1. The third-order valence-corrected chi connectivity index (χ3v) is 8.42. The Balaban J connectivity index is 1.30. The van der Waals surface area contributed by atoms with E-state index in [2.05, 4.69) is 25.4 Å². The summed E-state index contributed by atoms with van der Waals surface area (Å²) in [5.41, 5.74) is 2.07. The van der Waals surface area contributed by atoms with Crippen LogP contribution in [0.4, 0.5) is 19.0 Å². The lowest BCUT2D eigenvalue weighted by molar-refractivity contribution is -0.198. The molecule has 3 aromatic heterocycles. The number of carboxylic acid groups (broad SMARTS) is 1. The first-order chi connectivity index (χ1) is 21.0. The zero-order valence-corrected chi connectivity index (χ0v) is 24.3. The molecular formula is C31H32F3N7O3. The first-order valence-electron chi connectivity index (χ1n) is 14.4. The lowest BCUT2D eigenvalue weighted by Crippen LogP contribution is -2.41. The Bertz CT molecular complexity index is 1650. The van der Waals surface area contributed by atoms with Crippen LogP contribution in [-0.2, 0) is 4.79 Å². The van der Waals surface area contributed by atoms with Crippen LogP contribution in [0.15, 0.2) is 61.1 Å². The van der Waals surface area contributed by atoms with Crippen LogP contribution >= 0.6 is 0 Å². The molecule has 2 saturated heterocycles. The number of nitrogens with one attached hydrogen (secondary N) is 1. The van der Waals surface area contributed by atoms with Gasteiger partial charge in [0.25, 0.3) is 0 Å². The highest BCUT2D eigenvalue weighted by molar-refractivity contribution is 5.74. The van der Waals surface area contributed by atoms with Gasteiger partial charge in [0, 0.05) is 55.4 Å². The Morgan fingerprint density at radius 1 is 1.11 bits per heavy atom. The Morgan fingerprint density at radius 2 is 1.91 bits per heavy atom. The molecule has 230 valence electrons. The lowest BCUT2D eigenvalue weighted by atomic mass is 9.76. The monoisotopic (exact) mass is 607 g/mol. The van der Waals surface area contributed by atoms with Crippen LogP contribution < -0.4 is 15.0 Å². The normalized spacial score (nSPS) is 18.8. The van der Waals surface area contributed by atoms with Crippen molar-refractivity contribution in [1.29, 1.82) is 0 Å². The number of nitrogens with zero attached hydrogens (tertiary/aromatic N) is 6. The van der Waals surface area contributed by atoms with Gasteiger partial charge in [-0.15, -0.1) is 0 Å². The standard InChI is InChI=1S/C31H32F3N7O3/c1-19-7-11-41(39-19)25-14-21(22-4-3-10-35-17-22)5-6-23(25)28(31(32,33)34)44-27-15-26(37-20(2)38-27)40-12-8-30(9-13-40)16-24(29(42)43)36-18-30/h3-7,10-11,14-15,17,24,28,36H,8-9,12-13,16,18H2,1-2H3,(H,42,43)/t24?,28-/m1/s1. The molecule has 0 radical (unpaired) electrons. The number of hydrogen-bond acceptors (Lipinski definition) is 8. The number of benzene rings is 1. The molecule has 6 rings (SSSR count). The topological polar surface area (TPSA) is 118 Å². The Labute approximate surface area is 251 Å². The number of aliphatic carboxylic acids is 1. The summed E-state index contributed by atoms with van der Waals surface area (Å²) < 4.78 is 51.4. The first-order valence-corrected chi connectivity index (χ1v) is 14.4. The van der Waals surface area contributed by atoms with Gasteiger partial charge in [-0.05, 0) is 62.3 Å². The third kappa shape index (κ3) is 6.09. The van der Waals surface area contributed by atoms with Crippen LogP contribution in [0.25, 0.3) is 16.8 Å². The number of pyridine rings is 1. The molecule has 1 unspecified atom stereocenters. The van der Waals surface area contributed by atoms with Crippen LogP contribution in [0.5, 0.6) is 5.88 Å².